The maximum atomic E-state index is 13.5. The van der Waals surface area contributed by atoms with Gasteiger partial charge in [-0.2, -0.15) is 0 Å². The van der Waals surface area contributed by atoms with E-state index in [1.807, 2.05) is 6.07 Å². The largest absolute Gasteiger partial charge is 0.344 e. The SMILES string of the molecule is CCCn1c(C)c(C(=O)c2cc3cc(C)n(CCC)c3s2)c2ccccc21. The van der Waals surface area contributed by atoms with Crippen LogP contribution in [-0.4, -0.2) is 14.9 Å². The smallest absolute Gasteiger partial charge is 0.205 e. The maximum Gasteiger partial charge on any atom is 0.205 e. The Hall–Kier alpha value is -2.33. The average Bonchev–Trinajstić information content (AvgIpc) is 3.27. The summed E-state index contributed by atoms with van der Waals surface area (Å²) in [5, 5.41) is 2.25. The van der Waals surface area contributed by atoms with Crippen molar-refractivity contribution >= 4 is 38.2 Å². The van der Waals surface area contributed by atoms with E-state index >= 15 is 0 Å². The molecule has 1 aromatic carbocycles. The lowest BCUT2D eigenvalue weighted by molar-refractivity contribution is 0.104. The second-order valence-corrected chi connectivity index (χ2v) is 8.30. The highest BCUT2D eigenvalue weighted by Gasteiger charge is 2.23. The first-order valence-corrected chi connectivity index (χ1v) is 10.6. The van der Waals surface area contributed by atoms with Crippen molar-refractivity contribution in [2.75, 3.05) is 0 Å². The molecule has 0 unspecified atom stereocenters. The summed E-state index contributed by atoms with van der Waals surface area (Å²) in [5.41, 5.74) is 4.37. The monoisotopic (exact) mass is 378 g/mol. The van der Waals surface area contributed by atoms with Gasteiger partial charge in [-0.1, -0.05) is 32.0 Å². The van der Waals surface area contributed by atoms with Gasteiger partial charge in [-0.25, -0.2) is 0 Å². The third-order valence-corrected chi connectivity index (χ3v) is 6.52. The molecule has 0 fully saturated rings. The zero-order valence-electron chi connectivity index (χ0n) is 16.5. The average molecular weight is 379 g/mol. The summed E-state index contributed by atoms with van der Waals surface area (Å²) in [6.07, 6.45) is 2.14. The van der Waals surface area contributed by atoms with E-state index in [-0.39, 0.29) is 5.78 Å². The molecule has 0 aliphatic rings. The lowest BCUT2D eigenvalue weighted by Crippen LogP contribution is -2.04. The summed E-state index contributed by atoms with van der Waals surface area (Å²) in [6, 6.07) is 12.6. The molecule has 0 bridgehead atoms. The number of rotatable bonds is 6. The third-order valence-electron chi connectivity index (χ3n) is 5.35. The second kappa shape index (κ2) is 7.01. The highest BCUT2D eigenvalue weighted by atomic mass is 32.1. The first-order chi connectivity index (χ1) is 13.1. The van der Waals surface area contributed by atoms with Gasteiger partial charge in [0, 0.05) is 40.8 Å². The summed E-state index contributed by atoms with van der Waals surface area (Å²) < 4.78 is 4.63. The molecule has 3 heterocycles. The Labute approximate surface area is 164 Å². The van der Waals surface area contributed by atoms with Crippen molar-refractivity contribution in [3.63, 3.8) is 0 Å². The van der Waals surface area contributed by atoms with E-state index in [1.54, 1.807) is 11.3 Å². The predicted octanol–water partition coefficient (Wildman–Crippen LogP) is 6.33. The van der Waals surface area contributed by atoms with E-state index in [1.165, 1.54) is 15.9 Å². The van der Waals surface area contributed by atoms with Gasteiger partial charge in [0.1, 0.15) is 4.83 Å². The number of benzene rings is 1. The molecule has 0 saturated heterocycles. The van der Waals surface area contributed by atoms with Gasteiger partial charge in [0.05, 0.1) is 10.4 Å². The quantitative estimate of drug-likeness (QED) is 0.360. The van der Waals surface area contributed by atoms with Crippen molar-refractivity contribution in [2.45, 2.75) is 53.6 Å². The van der Waals surface area contributed by atoms with E-state index in [4.69, 9.17) is 0 Å². The van der Waals surface area contributed by atoms with E-state index < -0.39 is 0 Å². The Morgan fingerprint density at radius 2 is 1.70 bits per heavy atom. The highest BCUT2D eigenvalue weighted by Crippen LogP contribution is 2.34. The van der Waals surface area contributed by atoms with Gasteiger partial charge in [-0.3, -0.25) is 4.79 Å². The molecule has 0 amide bonds. The fourth-order valence-corrected chi connectivity index (χ4v) is 5.31. The van der Waals surface area contributed by atoms with Gasteiger partial charge in [-0.15, -0.1) is 11.3 Å². The Kier molecular flexibility index (Phi) is 4.68. The number of aryl methyl sites for hydroxylation is 3. The molecule has 0 aliphatic carbocycles. The minimum atomic E-state index is 0.153. The zero-order chi connectivity index (χ0) is 19.1. The second-order valence-electron chi connectivity index (χ2n) is 7.27. The lowest BCUT2D eigenvalue weighted by Gasteiger charge is -2.06. The standard InChI is InChI=1S/C23H26N2OS/c1-5-11-24-15(3)13-17-14-20(27-23(17)24)22(26)21-16(4)25(12-6-2)19-10-8-7-9-18(19)21/h7-10,13-14H,5-6,11-12H2,1-4H3. The summed E-state index contributed by atoms with van der Waals surface area (Å²) in [4.78, 5) is 15.6. The van der Waals surface area contributed by atoms with Gasteiger partial charge in [0.15, 0.2) is 0 Å². The minimum absolute atomic E-state index is 0.153. The van der Waals surface area contributed by atoms with Crippen LogP contribution in [0, 0.1) is 13.8 Å². The van der Waals surface area contributed by atoms with Crippen molar-refractivity contribution in [1.82, 2.24) is 9.13 Å². The van der Waals surface area contributed by atoms with E-state index in [9.17, 15) is 4.79 Å². The first kappa shape index (κ1) is 18.1. The van der Waals surface area contributed by atoms with Crippen LogP contribution in [0.5, 0.6) is 0 Å². The molecule has 3 nitrogen and oxygen atoms in total. The first-order valence-electron chi connectivity index (χ1n) is 9.79. The molecule has 4 rings (SSSR count). The summed E-state index contributed by atoms with van der Waals surface area (Å²) in [7, 11) is 0. The van der Waals surface area contributed by atoms with Crippen molar-refractivity contribution in [3.05, 3.63) is 58.2 Å². The summed E-state index contributed by atoms with van der Waals surface area (Å²) in [6.45, 7) is 10.5. The number of aromatic nitrogens is 2. The molecule has 3 aromatic heterocycles. The van der Waals surface area contributed by atoms with Crippen LogP contribution in [0.15, 0.2) is 36.4 Å². The van der Waals surface area contributed by atoms with Crippen molar-refractivity contribution in [1.29, 1.82) is 0 Å². The number of fused-ring (bicyclic) bond motifs is 2. The predicted molar refractivity (Wildman–Crippen MR) is 115 cm³/mol. The number of nitrogens with zero attached hydrogens (tertiary/aromatic N) is 2. The topological polar surface area (TPSA) is 26.9 Å². The van der Waals surface area contributed by atoms with Gasteiger partial charge in [0.25, 0.3) is 0 Å². The van der Waals surface area contributed by atoms with Crippen LogP contribution < -0.4 is 0 Å². The normalized spacial score (nSPS) is 11.7. The van der Waals surface area contributed by atoms with Crippen LogP contribution in [-0.2, 0) is 13.1 Å². The molecular weight excluding hydrogens is 352 g/mol. The van der Waals surface area contributed by atoms with Crippen LogP contribution >= 0.6 is 11.3 Å². The number of hydrogen-bond acceptors (Lipinski definition) is 2. The van der Waals surface area contributed by atoms with Crippen molar-refractivity contribution < 1.29 is 4.79 Å². The molecule has 0 aliphatic heterocycles. The van der Waals surface area contributed by atoms with Gasteiger partial charge >= 0.3 is 0 Å². The number of ketones is 1. The Bertz CT molecular complexity index is 1140. The van der Waals surface area contributed by atoms with Gasteiger partial charge in [-0.05, 0) is 44.9 Å². The molecule has 140 valence electrons. The Morgan fingerprint density at radius 3 is 2.44 bits per heavy atom. The molecule has 0 N–H and O–H groups in total. The molecule has 4 heteroatoms. The van der Waals surface area contributed by atoms with Gasteiger partial charge in [0.2, 0.25) is 5.78 Å². The van der Waals surface area contributed by atoms with E-state index in [2.05, 4.69) is 67.2 Å². The molecule has 0 radical (unpaired) electrons. The Balaban J connectivity index is 1.86. The number of thiophene rings is 1. The van der Waals surface area contributed by atoms with Crippen LogP contribution in [0.2, 0.25) is 0 Å². The summed E-state index contributed by atoms with van der Waals surface area (Å²) in [5.74, 6) is 0.153. The Morgan fingerprint density at radius 1 is 1.00 bits per heavy atom. The zero-order valence-corrected chi connectivity index (χ0v) is 17.3. The fourth-order valence-electron chi connectivity index (χ4n) is 4.14. The van der Waals surface area contributed by atoms with Crippen molar-refractivity contribution in [3.8, 4) is 0 Å². The number of hydrogen-bond donors (Lipinski definition) is 0. The van der Waals surface area contributed by atoms with Crippen molar-refractivity contribution in [2.24, 2.45) is 0 Å². The van der Waals surface area contributed by atoms with Crippen LogP contribution in [0.3, 0.4) is 0 Å². The van der Waals surface area contributed by atoms with Gasteiger partial charge < -0.3 is 9.13 Å². The number of carbonyl (C=O) groups is 1. The fraction of sp³-hybridized carbons (Fsp3) is 0.348. The lowest BCUT2D eigenvalue weighted by atomic mass is 10.1. The van der Waals surface area contributed by atoms with Crippen LogP contribution in [0.4, 0.5) is 0 Å². The minimum Gasteiger partial charge on any atom is -0.344 e. The molecule has 0 saturated carbocycles. The van der Waals surface area contributed by atoms with E-state index in [0.717, 1.165) is 53.0 Å². The molecule has 27 heavy (non-hydrogen) atoms. The molecular formula is C23H26N2OS. The molecule has 0 spiro atoms. The number of para-hydroxylation sites is 1. The molecule has 0 atom stereocenters. The molecule has 4 aromatic rings. The number of carbonyl (C=O) groups excluding carboxylic acids is 1. The maximum absolute atomic E-state index is 13.5. The van der Waals surface area contributed by atoms with E-state index in [0.29, 0.717) is 0 Å². The highest BCUT2D eigenvalue weighted by molar-refractivity contribution is 7.20. The summed E-state index contributed by atoms with van der Waals surface area (Å²) >= 11 is 1.63. The van der Waals surface area contributed by atoms with Crippen LogP contribution in [0.1, 0.15) is 53.3 Å². The van der Waals surface area contributed by atoms with Crippen LogP contribution in [0.25, 0.3) is 21.1 Å². The third kappa shape index (κ3) is 2.83.